The third kappa shape index (κ3) is 4.99. The highest BCUT2D eigenvalue weighted by Crippen LogP contribution is 2.28. The van der Waals surface area contributed by atoms with Gasteiger partial charge in [0, 0.05) is 10.6 Å². The molecule has 2 heterocycles. The quantitative estimate of drug-likeness (QED) is 0.297. The largest absolute Gasteiger partial charge is 0.494 e. The van der Waals surface area contributed by atoms with Gasteiger partial charge in [-0.25, -0.2) is 10.1 Å². The van der Waals surface area contributed by atoms with Crippen molar-refractivity contribution in [1.82, 2.24) is 30.7 Å². The Morgan fingerprint density at radius 2 is 1.97 bits per heavy atom. The molecule has 0 saturated heterocycles. The zero-order valence-electron chi connectivity index (χ0n) is 17.5. The number of amides is 1. The molecule has 33 heavy (non-hydrogen) atoms. The first-order valence-corrected chi connectivity index (χ1v) is 10.3. The van der Waals surface area contributed by atoms with Gasteiger partial charge >= 0.3 is 0 Å². The van der Waals surface area contributed by atoms with Crippen LogP contribution < -0.4 is 15.9 Å². The number of rotatable bonds is 8. The van der Waals surface area contributed by atoms with Crippen molar-refractivity contribution in [2.75, 3.05) is 12.3 Å². The summed E-state index contributed by atoms with van der Waals surface area (Å²) < 4.78 is 11.6. The Labute approximate surface area is 193 Å². The molecule has 0 radical (unpaired) electrons. The predicted octanol–water partition coefficient (Wildman–Crippen LogP) is 3.11. The lowest BCUT2D eigenvalue weighted by Gasteiger charge is -2.08. The van der Waals surface area contributed by atoms with Crippen LogP contribution in [0.5, 0.6) is 5.75 Å². The monoisotopic (exact) mass is 466 g/mol. The first-order valence-electron chi connectivity index (χ1n) is 9.93. The maximum atomic E-state index is 12.9. The zero-order chi connectivity index (χ0) is 23.2. The topological polar surface area (TPSA) is 146 Å². The zero-order valence-corrected chi connectivity index (χ0v) is 18.2. The van der Waals surface area contributed by atoms with Gasteiger partial charge in [-0.1, -0.05) is 35.9 Å². The molecule has 0 aliphatic heterocycles. The van der Waals surface area contributed by atoms with Gasteiger partial charge < -0.3 is 10.5 Å². The lowest BCUT2D eigenvalue weighted by Crippen LogP contribution is -2.19. The number of nitrogens with zero attached hydrogens (tertiary/aromatic N) is 6. The normalized spacial score (nSPS) is 11.1. The molecule has 0 aliphatic carbocycles. The summed E-state index contributed by atoms with van der Waals surface area (Å²) in [6, 6.07) is 14.1. The minimum absolute atomic E-state index is 0.00299. The van der Waals surface area contributed by atoms with Gasteiger partial charge in [0.2, 0.25) is 11.6 Å². The Kier molecular flexibility index (Phi) is 6.60. The molecule has 11 nitrogen and oxygen atoms in total. The standard InChI is InChI=1S/C21H19ClN8O3/c1-2-11-32-16-9-5-14(6-10-16)18-17(25-29-30(18)20-19(23)27-33-28-20)21(31)26-24-12-13-3-7-15(22)8-4-13/h3-10,12H,2,11H2,1H3,(H2,23,27)(H,26,31). The molecular formula is C21H19ClN8O3. The second-order valence-corrected chi connectivity index (χ2v) is 7.23. The lowest BCUT2D eigenvalue weighted by molar-refractivity contribution is 0.0950. The van der Waals surface area contributed by atoms with E-state index in [0.29, 0.717) is 28.6 Å². The van der Waals surface area contributed by atoms with Crippen molar-refractivity contribution in [2.24, 2.45) is 5.10 Å². The number of hydrazone groups is 1. The third-order valence-corrected chi connectivity index (χ3v) is 4.68. The number of nitrogens with two attached hydrogens (primary N) is 1. The van der Waals surface area contributed by atoms with E-state index in [9.17, 15) is 4.79 Å². The Bertz CT molecular complexity index is 1270. The van der Waals surface area contributed by atoms with Crippen molar-refractivity contribution in [3.8, 4) is 22.8 Å². The van der Waals surface area contributed by atoms with Crippen LogP contribution in [0.1, 0.15) is 29.4 Å². The van der Waals surface area contributed by atoms with E-state index in [1.807, 2.05) is 6.92 Å². The van der Waals surface area contributed by atoms with Crippen LogP contribution in [-0.4, -0.2) is 44.0 Å². The number of halogens is 1. The third-order valence-electron chi connectivity index (χ3n) is 4.43. The lowest BCUT2D eigenvalue weighted by atomic mass is 10.1. The number of ether oxygens (including phenoxy) is 1. The number of carbonyl (C=O) groups excluding carboxylic acids is 1. The highest BCUT2D eigenvalue weighted by atomic mass is 35.5. The van der Waals surface area contributed by atoms with Crippen molar-refractivity contribution >= 4 is 29.5 Å². The fraction of sp³-hybridized carbons (Fsp3) is 0.143. The Morgan fingerprint density at radius 3 is 2.64 bits per heavy atom. The molecule has 3 N–H and O–H groups in total. The van der Waals surface area contributed by atoms with E-state index in [1.165, 1.54) is 10.9 Å². The molecule has 168 valence electrons. The number of benzene rings is 2. The summed E-state index contributed by atoms with van der Waals surface area (Å²) in [7, 11) is 0. The van der Waals surface area contributed by atoms with Crippen LogP contribution in [0.25, 0.3) is 17.1 Å². The smallest absolute Gasteiger partial charge is 0.294 e. The van der Waals surface area contributed by atoms with Crippen molar-refractivity contribution in [2.45, 2.75) is 13.3 Å². The van der Waals surface area contributed by atoms with Gasteiger partial charge in [-0.3, -0.25) is 4.79 Å². The van der Waals surface area contributed by atoms with Crippen LogP contribution in [0.2, 0.25) is 5.02 Å². The average molecular weight is 467 g/mol. The van der Waals surface area contributed by atoms with Gasteiger partial charge in [0.25, 0.3) is 5.91 Å². The van der Waals surface area contributed by atoms with E-state index < -0.39 is 5.91 Å². The molecule has 0 unspecified atom stereocenters. The Morgan fingerprint density at radius 1 is 1.21 bits per heavy atom. The Hall–Kier alpha value is -4.25. The van der Waals surface area contributed by atoms with Gasteiger partial charge in [-0.2, -0.15) is 9.78 Å². The Balaban J connectivity index is 1.65. The molecule has 2 aromatic carbocycles. The van der Waals surface area contributed by atoms with Crippen LogP contribution in [-0.2, 0) is 0 Å². The average Bonchev–Trinajstić information content (AvgIpc) is 3.45. The molecular weight excluding hydrogens is 448 g/mol. The van der Waals surface area contributed by atoms with Gasteiger partial charge in [-0.05, 0) is 58.7 Å². The number of nitrogen functional groups attached to an aromatic ring is 1. The predicted molar refractivity (Wildman–Crippen MR) is 121 cm³/mol. The van der Waals surface area contributed by atoms with Gasteiger partial charge in [0.15, 0.2) is 5.69 Å². The molecule has 0 atom stereocenters. The summed E-state index contributed by atoms with van der Waals surface area (Å²) in [5.41, 5.74) is 10.0. The highest BCUT2D eigenvalue weighted by Gasteiger charge is 2.25. The van der Waals surface area contributed by atoms with Crippen molar-refractivity contribution < 1.29 is 14.2 Å². The van der Waals surface area contributed by atoms with Crippen molar-refractivity contribution in [3.63, 3.8) is 0 Å². The molecule has 2 aromatic heterocycles. The van der Waals surface area contributed by atoms with Crippen molar-refractivity contribution in [3.05, 3.63) is 64.8 Å². The van der Waals surface area contributed by atoms with Crippen LogP contribution in [0.15, 0.2) is 58.3 Å². The second kappa shape index (κ2) is 9.92. The summed E-state index contributed by atoms with van der Waals surface area (Å²) in [6.07, 6.45) is 2.37. The summed E-state index contributed by atoms with van der Waals surface area (Å²) in [5.74, 6) is 0.216. The molecule has 4 aromatic rings. The first kappa shape index (κ1) is 22.0. The number of hydrogen-bond acceptors (Lipinski definition) is 9. The van der Waals surface area contributed by atoms with E-state index >= 15 is 0 Å². The maximum absolute atomic E-state index is 12.9. The van der Waals surface area contributed by atoms with E-state index in [1.54, 1.807) is 48.5 Å². The molecule has 0 bridgehead atoms. The highest BCUT2D eigenvalue weighted by molar-refractivity contribution is 6.30. The summed E-state index contributed by atoms with van der Waals surface area (Å²) >= 11 is 5.88. The van der Waals surface area contributed by atoms with Crippen LogP contribution in [0, 0.1) is 0 Å². The van der Waals surface area contributed by atoms with Gasteiger partial charge in [-0.15, -0.1) is 5.10 Å². The molecule has 0 saturated carbocycles. The summed E-state index contributed by atoms with van der Waals surface area (Å²) in [5, 5.41) is 20.0. The molecule has 0 aliphatic rings. The molecule has 0 fully saturated rings. The number of hydrogen-bond donors (Lipinski definition) is 2. The SMILES string of the molecule is CCCOc1ccc(-c2c(C(=O)NN=Cc3ccc(Cl)cc3)nnn2-c2nonc2N)cc1. The fourth-order valence-corrected chi connectivity index (χ4v) is 3.00. The number of aromatic nitrogens is 5. The van der Waals surface area contributed by atoms with E-state index in [-0.39, 0.29) is 17.3 Å². The minimum Gasteiger partial charge on any atom is -0.494 e. The van der Waals surface area contributed by atoms with E-state index in [0.717, 1.165) is 12.0 Å². The number of carbonyl (C=O) groups is 1. The number of nitrogens with one attached hydrogen (secondary N) is 1. The minimum atomic E-state index is -0.581. The fourth-order valence-electron chi connectivity index (χ4n) is 2.88. The molecule has 1 amide bonds. The maximum Gasteiger partial charge on any atom is 0.294 e. The van der Waals surface area contributed by atoms with Crippen LogP contribution in [0.4, 0.5) is 5.82 Å². The summed E-state index contributed by atoms with van der Waals surface area (Å²) in [4.78, 5) is 12.9. The van der Waals surface area contributed by atoms with Crippen molar-refractivity contribution in [1.29, 1.82) is 0 Å². The molecule has 4 rings (SSSR count). The van der Waals surface area contributed by atoms with Crippen LogP contribution in [0.3, 0.4) is 0 Å². The van der Waals surface area contributed by atoms with Crippen LogP contribution >= 0.6 is 11.6 Å². The van der Waals surface area contributed by atoms with E-state index in [2.05, 4.69) is 35.8 Å². The second-order valence-electron chi connectivity index (χ2n) is 6.80. The number of anilines is 1. The first-order chi connectivity index (χ1) is 16.1. The summed E-state index contributed by atoms with van der Waals surface area (Å²) in [6.45, 7) is 2.62. The van der Waals surface area contributed by atoms with Gasteiger partial charge in [0.1, 0.15) is 11.4 Å². The molecule has 0 spiro atoms. The van der Waals surface area contributed by atoms with E-state index in [4.69, 9.17) is 22.1 Å². The molecule has 12 heteroatoms. The van der Waals surface area contributed by atoms with Gasteiger partial charge in [0.05, 0.1) is 12.8 Å².